The Morgan fingerprint density at radius 1 is 1.78 bits per heavy atom. The summed E-state index contributed by atoms with van der Waals surface area (Å²) in [5.74, 6) is 0.471. The van der Waals surface area contributed by atoms with Gasteiger partial charge in [-0.2, -0.15) is 0 Å². The molecule has 0 bridgehead atoms. The largest absolute Gasteiger partial charge is 0.371 e. The number of rotatable bonds is 1. The van der Waals surface area contributed by atoms with Gasteiger partial charge < -0.3 is 5.32 Å². The molecule has 0 aliphatic heterocycles. The topological polar surface area (TPSA) is 70.7 Å². The van der Waals surface area contributed by atoms with Crippen molar-refractivity contribution in [3.63, 3.8) is 0 Å². The normalized spacial score (nSPS) is 9.00. The van der Waals surface area contributed by atoms with Crippen molar-refractivity contribution in [1.29, 1.82) is 0 Å². The highest BCUT2D eigenvalue weighted by Crippen LogP contribution is 1.87. The fourth-order valence-electron chi connectivity index (χ4n) is 0.436. The smallest absolute Gasteiger partial charge is 0.269 e. The van der Waals surface area contributed by atoms with Gasteiger partial charge in [0, 0.05) is 13.1 Å². The first-order chi connectivity index (χ1) is 4.33. The Bertz CT molecular complexity index is 242. The Kier molecular flexibility index (Phi) is 1.44. The van der Waals surface area contributed by atoms with Gasteiger partial charge in [-0.1, -0.05) is 5.21 Å². The molecule has 0 saturated heterocycles. The van der Waals surface area contributed by atoms with Crippen LogP contribution in [0.25, 0.3) is 0 Å². The zero-order valence-electron chi connectivity index (χ0n) is 4.88. The van der Waals surface area contributed by atoms with Gasteiger partial charge in [-0.3, -0.25) is 4.79 Å². The first-order valence-electron chi connectivity index (χ1n) is 2.43. The van der Waals surface area contributed by atoms with E-state index in [4.69, 9.17) is 0 Å². The summed E-state index contributed by atoms with van der Waals surface area (Å²) in [4.78, 5) is 10.5. The average molecular weight is 126 g/mol. The second kappa shape index (κ2) is 2.25. The molecular formula is C4H6N4O. The molecule has 5 nitrogen and oxygen atoms in total. The summed E-state index contributed by atoms with van der Waals surface area (Å²) in [6, 6.07) is 1.33. The van der Waals surface area contributed by atoms with Crippen molar-refractivity contribution >= 4 is 5.82 Å². The quantitative estimate of drug-likeness (QED) is 0.517. The lowest BCUT2D eigenvalue weighted by molar-refractivity contribution is 0.845. The molecule has 0 atom stereocenters. The third-order valence-corrected chi connectivity index (χ3v) is 0.842. The maximum atomic E-state index is 10.5. The molecule has 0 aliphatic rings. The van der Waals surface area contributed by atoms with Gasteiger partial charge in [0.15, 0.2) is 5.82 Å². The highest BCUT2D eigenvalue weighted by Gasteiger charge is 1.87. The fourth-order valence-corrected chi connectivity index (χ4v) is 0.436. The van der Waals surface area contributed by atoms with E-state index in [9.17, 15) is 4.79 Å². The van der Waals surface area contributed by atoms with E-state index in [2.05, 4.69) is 20.7 Å². The molecule has 1 heterocycles. The summed E-state index contributed by atoms with van der Waals surface area (Å²) < 4.78 is 0. The lowest BCUT2D eigenvalue weighted by Gasteiger charge is -1.91. The molecule has 0 aromatic carbocycles. The lowest BCUT2D eigenvalue weighted by atomic mass is 10.6. The highest BCUT2D eigenvalue weighted by molar-refractivity contribution is 5.28. The molecule has 0 amide bonds. The predicted octanol–water partition coefficient (Wildman–Crippen LogP) is -0.793. The fraction of sp³-hybridized carbons (Fsp3) is 0.250. The summed E-state index contributed by atoms with van der Waals surface area (Å²) in [5.41, 5.74) is -0.255. The molecule has 0 radical (unpaired) electrons. The van der Waals surface area contributed by atoms with Gasteiger partial charge in [0.1, 0.15) is 0 Å². The van der Waals surface area contributed by atoms with Crippen LogP contribution in [-0.4, -0.2) is 22.5 Å². The van der Waals surface area contributed by atoms with Crippen LogP contribution in [0.1, 0.15) is 0 Å². The van der Waals surface area contributed by atoms with E-state index in [-0.39, 0.29) is 5.56 Å². The minimum atomic E-state index is -0.255. The van der Waals surface area contributed by atoms with Crippen LogP contribution in [0.4, 0.5) is 5.82 Å². The monoisotopic (exact) mass is 126 g/mol. The van der Waals surface area contributed by atoms with Crippen LogP contribution in [0.2, 0.25) is 0 Å². The Balaban J connectivity index is 3.08. The van der Waals surface area contributed by atoms with Crippen molar-refractivity contribution in [3.05, 3.63) is 16.4 Å². The van der Waals surface area contributed by atoms with Gasteiger partial charge >= 0.3 is 0 Å². The van der Waals surface area contributed by atoms with E-state index in [1.54, 1.807) is 7.05 Å². The molecule has 5 heteroatoms. The molecule has 48 valence electrons. The molecule has 9 heavy (non-hydrogen) atoms. The van der Waals surface area contributed by atoms with E-state index >= 15 is 0 Å². The van der Waals surface area contributed by atoms with E-state index in [1.165, 1.54) is 6.07 Å². The molecule has 0 aliphatic carbocycles. The van der Waals surface area contributed by atoms with Crippen molar-refractivity contribution in [3.8, 4) is 0 Å². The molecule has 1 rings (SSSR count). The lowest BCUT2D eigenvalue weighted by Crippen LogP contribution is -2.09. The van der Waals surface area contributed by atoms with Crippen molar-refractivity contribution < 1.29 is 0 Å². The summed E-state index contributed by atoms with van der Waals surface area (Å²) in [7, 11) is 1.67. The maximum absolute atomic E-state index is 10.5. The van der Waals surface area contributed by atoms with E-state index in [1.807, 2.05) is 0 Å². The number of hydrogen-bond acceptors (Lipinski definition) is 4. The zero-order chi connectivity index (χ0) is 6.69. The van der Waals surface area contributed by atoms with Crippen molar-refractivity contribution in [2.45, 2.75) is 0 Å². The van der Waals surface area contributed by atoms with Crippen molar-refractivity contribution in [2.75, 3.05) is 12.4 Å². The number of nitrogens with one attached hydrogen (secondary N) is 2. The first-order valence-corrected chi connectivity index (χ1v) is 2.43. The molecule has 0 unspecified atom stereocenters. The van der Waals surface area contributed by atoms with Crippen LogP contribution in [0.5, 0.6) is 0 Å². The third-order valence-electron chi connectivity index (χ3n) is 0.842. The number of hydrogen-bond donors (Lipinski definition) is 2. The number of anilines is 1. The third kappa shape index (κ3) is 1.25. The van der Waals surface area contributed by atoms with Crippen LogP contribution in [0, 0.1) is 0 Å². The Morgan fingerprint density at radius 3 is 3.00 bits per heavy atom. The van der Waals surface area contributed by atoms with Gasteiger partial charge in [-0.05, 0) is 0 Å². The minimum Gasteiger partial charge on any atom is -0.371 e. The average Bonchev–Trinajstić information content (AvgIpc) is 1.88. The van der Waals surface area contributed by atoms with Gasteiger partial charge in [-0.15, -0.1) is 5.10 Å². The number of H-pyrrole nitrogens is 1. The van der Waals surface area contributed by atoms with Crippen molar-refractivity contribution in [2.24, 2.45) is 0 Å². The van der Waals surface area contributed by atoms with Gasteiger partial charge in [0.2, 0.25) is 0 Å². The van der Waals surface area contributed by atoms with Crippen molar-refractivity contribution in [1.82, 2.24) is 15.4 Å². The molecule has 1 aromatic heterocycles. The molecule has 1 aromatic rings. The van der Waals surface area contributed by atoms with Crippen LogP contribution in [-0.2, 0) is 0 Å². The van der Waals surface area contributed by atoms with E-state index in [0.29, 0.717) is 5.82 Å². The number of aromatic nitrogens is 3. The van der Waals surface area contributed by atoms with E-state index < -0.39 is 0 Å². The van der Waals surface area contributed by atoms with E-state index in [0.717, 1.165) is 0 Å². The molecule has 0 fully saturated rings. The molecule has 0 saturated carbocycles. The second-order valence-electron chi connectivity index (χ2n) is 1.46. The summed E-state index contributed by atoms with van der Waals surface area (Å²) in [6.45, 7) is 0. The van der Waals surface area contributed by atoms with Crippen LogP contribution in [0.3, 0.4) is 0 Å². The van der Waals surface area contributed by atoms with Crippen LogP contribution >= 0.6 is 0 Å². The standard InChI is InChI=1S/C4H6N4O/c1-5-3-2-4(9)7-8-6-3/h2H,1H3,(H2,5,6,7,9). The van der Waals surface area contributed by atoms with Gasteiger partial charge in [0.05, 0.1) is 0 Å². The molecule has 2 N–H and O–H groups in total. The number of aromatic amines is 1. The Labute approximate surface area is 51.1 Å². The summed E-state index contributed by atoms with van der Waals surface area (Å²) in [5, 5.41) is 11.7. The van der Waals surface area contributed by atoms with Gasteiger partial charge in [-0.25, -0.2) is 5.10 Å². The molecular weight excluding hydrogens is 120 g/mol. The maximum Gasteiger partial charge on any atom is 0.269 e. The zero-order valence-corrected chi connectivity index (χ0v) is 4.88. The Morgan fingerprint density at radius 2 is 2.56 bits per heavy atom. The summed E-state index contributed by atoms with van der Waals surface area (Å²) in [6.07, 6.45) is 0. The van der Waals surface area contributed by atoms with Crippen LogP contribution in [0.15, 0.2) is 10.9 Å². The minimum absolute atomic E-state index is 0.255. The predicted molar refractivity (Wildman–Crippen MR) is 32.2 cm³/mol. The number of nitrogens with zero attached hydrogens (tertiary/aromatic N) is 2. The Hall–Kier alpha value is -1.39. The summed E-state index contributed by atoms with van der Waals surface area (Å²) >= 11 is 0. The van der Waals surface area contributed by atoms with Gasteiger partial charge in [0.25, 0.3) is 5.56 Å². The highest BCUT2D eigenvalue weighted by atomic mass is 16.1. The molecule has 0 spiro atoms. The van der Waals surface area contributed by atoms with Crippen LogP contribution < -0.4 is 10.9 Å². The first kappa shape index (κ1) is 5.74. The second-order valence-corrected chi connectivity index (χ2v) is 1.46. The SMILES string of the molecule is CNc1cc(=O)[nH]nn1.